The van der Waals surface area contributed by atoms with Crippen LogP contribution in [0.5, 0.6) is 0 Å². The van der Waals surface area contributed by atoms with E-state index in [2.05, 4.69) is 4.98 Å². The number of carbonyl (C=O) groups is 1. The van der Waals surface area contributed by atoms with Crippen molar-refractivity contribution in [2.75, 3.05) is 0 Å². The summed E-state index contributed by atoms with van der Waals surface area (Å²) in [6.45, 7) is 0. The predicted molar refractivity (Wildman–Crippen MR) is 74.2 cm³/mol. The Morgan fingerprint density at radius 1 is 1.26 bits per heavy atom. The Labute approximate surface area is 121 Å². The molecule has 0 aliphatic rings. The number of rotatable bonds is 3. The largest absolute Gasteiger partial charge is 0.318 e. The fourth-order valence-electron chi connectivity index (χ4n) is 1.56. The molecule has 0 spiro atoms. The molecule has 1 heterocycles. The molecule has 0 saturated carbocycles. The van der Waals surface area contributed by atoms with Gasteiger partial charge < -0.3 is 5.73 Å². The zero-order valence-electron chi connectivity index (χ0n) is 9.72. The first-order valence-corrected chi connectivity index (χ1v) is 5.62. The van der Waals surface area contributed by atoms with Gasteiger partial charge in [-0.05, 0) is 42.0 Å². The average Bonchev–Trinajstić information content (AvgIpc) is 2.38. The van der Waals surface area contributed by atoms with Crippen molar-refractivity contribution in [3.05, 3.63) is 64.7 Å². The van der Waals surface area contributed by atoms with Gasteiger partial charge in [0.05, 0.1) is 6.04 Å². The first-order chi connectivity index (χ1) is 8.58. The quantitative estimate of drug-likeness (QED) is 0.699. The summed E-state index contributed by atoms with van der Waals surface area (Å²) in [5.74, 6) is -0.690. The molecule has 0 fully saturated rings. The lowest BCUT2D eigenvalue weighted by Crippen LogP contribution is -2.21. The van der Waals surface area contributed by atoms with Gasteiger partial charge in [-0.15, -0.1) is 12.4 Å². The molecule has 3 nitrogen and oxygen atoms in total. The van der Waals surface area contributed by atoms with Crippen molar-refractivity contribution >= 4 is 29.8 Å². The van der Waals surface area contributed by atoms with Gasteiger partial charge in [0.1, 0.15) is 11.0 Å². The van der Waals surface area contributed by atoms with Gasteiger partial charge >= 0.3 is 0 Å². The monoisotopic (exact) mass is 300 g/mol. The molecule has 2 rings (SSSR count). The number of aromatic nitrogens is 1. The fourth-order valence-corrected chi connectivity index (χ4v) is 1.74. The normalized spacial score (nSPS) is 11.5. The van der Waals surface area contributed by atoms with Crippen molar-refractivity contribution < 1.29 is 9.18 Å². The highest BCUT2D eigenvalue weighted by atomic mass is 35.5. The summed E-state index contributed by atoms with van der Waals surface area (Å²) in [5, 5.41) is 0.273. The van der Waals surface area contributed by atoms with Gasteiger partial charge in [-0.1, -0.05) is 11.6 Å². The minimum absolute atomic E-state index is 0. The molecular formula is C13H11Cl2FN2O. The van der Waals surface area contributed by atoms with Crippen LogP contribution in [-0.2, 0) is 0 Å². The van der Waals surface area contributed by atoms with Crippen molar-refractivity contribution in [1.29, 1.82) is 0 Å². The van der Waals surface area contributed by atoms with Crippen molar-refractivity contribution in [2.45, 2.75) is 6.04 Å². The smallest absolute Gasteiger partial charge is 0.184 e. The summed E-state index contributed by atoms with van der Waals surface area (Å²) in [6, 6.07) is 7.57. The van der Waals surface area contributed by atoms with Crippen LogP contribution in [0.4, 0.5) is 4.39 Å². The molecule has 0 amide bonds. The van der Waals surface area contributed by atoms with Crippen LogP contribution in [0.25, 0.3) is 0 Å². The first-order valence-electron chi connectivity index (χ1n) is 5.25. The Bertz CT molecular complexity index is 575. The number of hydrogen-bond acceptors (Lipinski definition) is 3. The molecule has 2 aromatic rings. The van der Waals surface area contributed by atoms with E-state index in [0.717, 1.165) is 0 Å². The maximum atomic E-state index is 12.8. The fraction of sp³-hybridized carbons (Fsp3) is 0.0769. The molecule has 19 heavy (non-hydrogen) atoms. The maximum absolute atomic E-state index is 12.8. The second-order valence-corrected chi connectivity index (χ2v) is 4.15. The standard InChI is InChI=1S/C13H10ClFN2O.ClH/c14-11-7-9(5-6-17-11)12(16)13(18)8-1-3-10(15)4-2-8;/h1-7,12H,16H2;1H. The van der Waals surface area contributed by atoms with Crippen molar-refractivity contribution in [3.63, 3.8) is 0 Å². The lowest BCUT2D eigenvalue weighted by atomic mass is 9.99. The number of nitrogens with zero attached hydrogens (tertiary/aromatic N) is 1. The summed E-state index contributed by atoms with van der Waals surface area (Å²) >= 11 is 5.73. The Hall–Kier alpha value is -1.49. The Balaban J connectivity index is 0.00000180. The lowest BCUT2D eigenvalue weighted by Gasteiger charge is -2.11. The number of ketones is 1. The van der Waals surface area contributed by atoms with Crippen LogP contribution in [0, 0.1) is 5.82 Å². The second kappa shape index (κ2) is 6.61. The molecule has 0 bridgehead atoms. The SMILES string of the molecule is Cl.NC(C(=O)c1ccc(F)cc1)c1ccnc(Cl)c1. The highest BCUT2D eigenvalue weighted by Gasteiger charge is 2.18. The van der Waals surface area contributed by atoms with E-state index < -0.39 is 11.9 Å². The van der Waals surface area contributed by atoms with Crippen molar-refractivity contribution in [3.8, 4) is 0 Å². The molecule has 100 valence electrons. The Morgan fingerprint density at radius 3 is 2.47 bits per heavy atom. The molecule has 1 aromatic heterocycles. The highest BCUT2D eigenvalue weighted by molar-refractivity contribution is 6.29. The number of benzene rings is 1. The van der Waals surface area contributed by atoms with Crippen LogP contribution in [0.1, 0.15) is 22.0 Å². The summed E-state index contributed by atoms with van der Waals surface area (Å²) < 4.78 is 12.8. The van der Waals surface area contributed by atoms with Gasteiger partial charge in [0, 0.05) is 11.8 Å². The van der Waals surface area contributed by atoms with Crippen LogP contribution < -0.4 is 5.73 Å². The van der Waals surface area contributed by atoms with Crippen LogP contribution in [0.15, 0.2) is 42.6 Å². The zero-order chi connectivity index (χ0) is 13.1. The van der Waals surface area contributed by atoms with Gasteiger partial charge in [-0.25, -0.2) is 9.37 Å². The molecule has 1 aromatic carbocycles. The number of nitrogens with two attached hydrogens (primary N) is 1. The van der Waals surface area contributed by atoms with E-state index in [1.807, 2.05) is 0 Å². The number of hydrogen-bond donors (Lipinski definition) is 1. The average molecular weight is 301 g/mol. The van der Waals surface area contributed by atoms with E-state index >= 15 is 0 Å². The molecule has 6 heteroatoms. The first kappa shape index (κ1) is 15.6. The summed E-state index contributed by atoms with van der Waals surface area (Å²) in [7, 11) is 0. The minimum atomic E-state index is -0.837. The van der Waals surface area contributed by atoms with E-state index in [4.69, 9.17) is 17.3 Å². The van der Waals surface area contributed by atoms with Crippen molar-refractivity contribution in [2.24, 2.45) is 5.73 Å². The predicted octanol–water partition coefficient (Wildman–Crippen LogP) is 3.18. The van der Waals surface area contributed by atoms with Crippen LogP contribution in [0.2, 0.25) is 5.15 Å². The van der Waals surface area contributed by atoms with Crippen LogP contribution in [-0.4, -0.2) is 10.8 Å². The molecule has 1 atom stereocenters. The summed E-state index contributed by atoms with van der Waals surface area (Å²) in [6.07, 6.45) is 1.48. The number of carbonyl (C=O) groups excluding carboxylic acids is 1. The van der Waals surface area contributed by atoms with Gasteiger partial charge in [0.2, 0.25) is 0 Å². The highest BCUT2D eigenvalue weighted by Crippen LogP contribution is 2.18. The van der Waals surface area contributed by atoms with Crippen LogP contribution in [0.3, 0.4) is 0 Å². The van der Waals surface area contributed by atoms with E-state index in [-0.39, 0.29) is 23.3 Å². The molecule has 0 aliphatic carbocycles. The Morgan fingerprint density at radius 2 is 1.89 bits per heavy atom. The summed E-state index contributed by atoms with van der Waals surface area (Å²) in [4.78, 5) is 15.9. The molecule has 2 N–H and O–H groups in total. The van der Waals surface area contributed by atoms with E-state index in [1.165, 1.54) is 36.5 Å². The van der Waals surface area contributed by atoms with E-state index in [1.54, 1.807) is 6.07 Å². The molecule has 0 aliphatic heterocycles. The van der Waals surface area contributed by atoms with Gasteiger partial charge in [0.15, 0.2) is 5.78 Å². The molecular weight excluding hydrogens is 290 g/mol. The zero-order valence-corrected chi connectivity index (χ0v) is 11.3. The van der Waals surface area contributed by atoms with Gasteiger partial charge in [-0.2, -0.15) is 0 Å². The number of halogens is 3. The third-order valence-corrected chi connectivity index (χ3v) is 2.73. The summed E-state index contributed by atoms with van der Waals surface area (Å²) in [5.41, 5.74) is 6.78. The minimum Gasteiger partial charge on any atom is -0.318 e. The van der Waals surface area contributed by atoms with E-state index in [0.29, 0.717) is 11.1 Å². The van der Waals surface area contributed by atoms with E-state index in [9.17, 15) is 9.18 Å². The molecule has 0 saturated heterocycles. The topological polar surface area (TPSA) is 56.0 Å². The Kier molecular flexibility index (Phi) is 5.42. The van der Waals surface area contributed by atoms with Gasteiger partial charge in [0.25, 0.3) is 0 Å². The third-order valence-electron chi connectivity index (χ3n) is 2.52. The van der Waals surface area contributed by atoms with Crippen molar-refractivity contribution in [1.82, 2.24) is 4.98 Å². The molecule has 1 unspecified atom stereocenters. The van der Waals surface area contributed by atoms with Gasteiger partial charge in [-0.3, -0.25) is 4.79 Å². The number of Topliss-reactive ketones (excluding diaryl/α,β-unsaturated/α-hetero) is 1. The third kappa shape index (κ3) is 3.73. The van der Waals surface area contributed by atoms with Crippen LogP contribution >= 0.6 is 24.0 Å². The lowest BCUT2D eigenvalue weighted by molar-refractivity contribution is 0.0961. The number of pyridine rings is 1. The maximum Gasteiger partial charge on any atom is 0.184 e. The second-order valence-electron chi connectivity index (χ2n) is 3.76. The molecule has 0 radical (unpaired) electrons.